The summed E-state index contributed by atoms with van der Waals surface area (Å²) in [5.41, 5.74) is 2.07. The number of ether oxygens (including phenoxy) is 3. The van der Waals surface area contributed by atoms with Crippen LogP contribution >= 0.6 is 11.8 Å². The highest BCUT2D eigenvalue weighted by Crippen LogP contribution is 2.35. The molecule has 0 N–H and O–H groups in total. The van der Waals surface area contributed by atoms with Crippen molar-refractivity contribution < 1.29 is 14.2 Å². The highest BCUT2D eigenvalue weighted by molar-refractivity contribution is 7.98. The van der Waals surface area contributed by atoms with Gasteiger partial charge in [-0.3, -0.25) is 0 Å². The second kappa shape index (κ2) is 7.80. The largest absolute Gasteiger partial charge is 0.496 e. The molecule has 0 aliphatic carbocycles. The lowest BCUT2D eigenvalue weighted by molar-refractivity contribution is 0.348. The molecule has 0 aliphatic heterocycles. The summed E-state index contributed by atoms with van der Waals surface area (Å²) in [6.07, 6.45) is 6.13. The van der Waals surface area contributed by atoms with Crippen LogP contribution in [0.4, 0.5) is 0 Å². The minimum atomic E-state index is 0.654. The fourth-order valence-corrected chi connectivity index (χ4v) is 2.49. The minimum absolute atomic E-state index is 0.654. The number of thioether (sulfide) groups is 1. The summed E-state index contributed by atoms with van der Waals surface area (Å²) >= 11 is 1.73. The molecule has 0 saturated heterocycles. The van der Waals surface area contributed by atoms with E-state index < -0.39 is 0 Å². The van der Waals surface area contributed by atoms with Gasteiger partial charge < -0.3 is 14.2 Å². The minimum Gasteiger partial charge on any atom is -0.496 e. The van der Waals surface area contributed by atoms with E-state index in [1.165, 1.54) is 4.90 Å². The second-order valence-electron chi connectivity index (χ2n) is 4.56. The molecule has 2 aromatic carbocycles. The summed E-state index contributed by atoms with van der Waals surface area (Å²) in [5.74, 6) is 2.08. The summed E-state index contributed by atoms with van der Waals surface area (Å²) < 4.78 is 16.1. The third kappa shape index (κ3) is 3.77. The van der Waals surface area contributed by atoms with Gasteiger partial charge in [-0.1, -0.05) is 24.3 Å². The van der Waals surface area contributed by atoms with E-state index in [9.17, 15) is 0 Å². The molecule has 0 atom stereocenters. The second-order valence-corrected chi connectivity index (χ2v) is 5.44. The van der Waals surface area contributed by atoms with Crippen LogP contribution in [0.1, 0.15) is 11.1 Å². The molecule has 0 aliphatic rings. The molecule has 2 rings (SSSR count). The molecule has 22 heavy (non-hydrogen) atoms. The molecular weight excluding hydrogens is 296 g/mol. The van der Waals surface area contributed by atoms with Crippen LogP contribution in [0.25, 0.3) is 12.2 Å². The lowest BCUT2D eigenvalue weighted by Gasteiger charge is -2.12. The maximum Gasteiger partial charge on any atom is 0.164 e. The zero-order valence-electron chi connectivity index (χ0n) is 13.3. The number of rotatable bonds is 6. The van der Waals surface area contributed by atoms with Gasteiger partial charge in [-0.25, -0.2) is 0 Å². The molecule has 0 unspecified atom stereocenters. The third-order valence-electron chi connectivity index (χ3n) is 3.31. The Hall–Kier alpha value is -2.07. The van der Waals surface area contributed by atoms with Crippen LogP contribution in [0.3, 0.4) is 0 Å². The van der Waals surface area contributed by atoms with Crippen LogP contribution in [0.2, 0.25) is 0 Å². The van der Waals surface area contributed by atoms with Crippen LogP contribution in [0.15, 0.2) is 41.3 Å². The molecule has 116 valence electrons. The summed E-state index contributed by atoms with van der Waals surface area (Å²) in [7, 11) is 4.88. The molecule has 0 heterocycles. The van der Waals surface area contributed by atoms with Gasteiger partial charge in [0, 0.05) is 16.5 Å². The molecule has 4 heteroatoms. The van der Waals surface area contributed by atoms with Gasteiger partial charge in [0.2, 0.25) is 0 Å². The van der Waals surface area contributed by atoms with Crippen LogP contribution < -0.4 is 14.2 Å². The van der Waals surface area contributed by atoms with Crippen molar-refractivity contribution in [2.24, 2.45) is 0 Å². The first-order valence-corrected chi connectivity index (χ1v) is 8.06. The first-order valence-electron chi connectivity index (χ1n) is 6.84. The molecule has 0 radical (unpaired) electrons. The van der Waals surface area contributed by atoms with Crippen molar-refractivity contribution in [1.29, 1.82) is 0 Å². The van der Waals surface area contributed by atoms with Gasteiger partial charge in [0.25, 0.3) is 0 Å². The Morgan fingerprint density at radius 3 is 1.91 bits per heavy atom. The average Bonchev–Trinajstić information content (AvgIpc) is 2.59. The van der Waals surface area contributed by atoms with Gasteiger partial charge in [-0.15, -0.1) is 11.8 Å². The summed E-state index contributed by atoms with van der Waals surface area (Å²) in [5, 5.41) is 0. The Kier molecular flexibility index (Phi) is 5.78. The van der Waals surface area contributed by atoms with Gasteiger partial charge >= 0.3 is 0 Å². The van der Waals surface area contributed by atoms with Gasteiger partial charge in [0.05, 0.1) is 21.3 Å². The van der Waals surface area contributed by atoms with Gasteiger partial charge in [-0.2, -0.15) is 0 Å². The third-order valence-corrected chi connectivity index (χ3v) is 4.05. The Morgan fingerprint density at radius 2 is 1.36 bits per heavy atom. The smallest absolute Gasteiger partial charge is 0.164 e. The van der Waals surface area contributed by atoms with Crippen molar-refractivity contribution in [2.75, 3.05) is 27.6 Å². The summed E-state index contributed by atoms with van der Waals surface area (Å²) in [4.78, 5) is 1.25. The quantitative estimate of drug-likeness (QED) is 0.575. The Bertz CT molecular complexity index is 648. The molecule has 0 amide bonds. The standard InChI is InChI=1S/C18H20O3S/c1-19-16-12-18(21-3)17(20-2)11-14(16)8-5-13-6-9-15(22-4)10-7-13/h5-12H,1-4H3/b8-5+. The lowest BCUT2D eigenvalue weighted by Crippen LogP contribution is -1.94. The molecule has 0 aromatic heterocycles. The number of benzene rings is 2. The van der Waals surface area contributed by atoms with E-state index in [1.807, 2.05) is 24.3 Å². The number of hydrogen-bond acceptors (Lipinski definition) is 4. The Balaban J connectivity index is 2.32. The zero-order valence-corrected chi connectivity index (χ0v) is 14.1. The van der Waals surface area contributed by atoms with Crippen molar-refractivity contribution in [3.8, 4) is 17.2 Å². The molecule has 0 fully saturated rings. The zero-order chi connectivity index (χ0) is 15.9. The van der Waals surface area contributed by atoms with Crippen LogP contribution in [-0.4, -0.2) is 27.6 Å². The maximum atomic E-state index is 5.42. The molecule has 0 spiro atoms. The van der Waals surface area contributed by atoms with Crippen molar-refractivity contribution in [2.45, 2.75) is 4.90 Å². The molecule has 2 aromatic rings. The monoisotopic (exact) mass is 316 g/mol. The van der Waals surface area contributed by atoms with E-state index in [4.69, 9.17) is 14.2 Å². The van der Waals surface area contributed by atoms with E-state index in [0.29, 0.717) is 11.5 Å². The maximum absolute atomic E-state index is 5.42. The van der Waals surface area contributed by atoms with Crippen molar-refractivity contribution in [1.82, 2.24) is 0 Å². The van der Waals surface area contributed by atoms with Crippen molar-refractivity contribution in [3.63, 3.8) is 0 Å². The number of methoxy groups -OCH3 is 3. The fourth-order valence-electron chi connectivity index (χ4n) is 2.08. The highest BCUT2D eigenvalue weighted by Gasteiger charge is 2.09. The Labute approximate surface area is 135 Å². The van der Waals surface area contributed by atoms with Gasteiger partial charge in [-0.05, 0) is 30.0 Å². The molecular formula is C18H20O3S. The van der Waals surface area contributed by atoms with Gasteiger partial charge in [0.1, 0.15) is 5.75 Å². The molecule has 0 bridgehead atoms. The van der Waals surface area contributed by atoms with E-state index in [0.717, 1.165) is 16.9 Å². The lowest BCUT2D eigenvalue weighted by atomic mass is 10.1. The SMILES string of the molecule is COc1cc(OC)c(OC)cc1/C=C/c1ccc(SC)cc1. The highest BCUT2D eigenvalue weighted by atomic mass is 32.2. The fraction of sp³-hybridized carbons (Fsp3) is 0.222. The first kappa shape index (κ1) is 16.3. The first-order chi connectivity index (χ1) is 10.7. The summed E-state index contributed by atoms with van der Waals surface area (Å²) in [6.45, 7) is 0. The topological polar surface area (TPSA) is 27.7 Å². The molecule has 3 nitrogen and oxygen atoms in total. The average molecular weight is 316 g/mol. The number of hydrogen-bond donors (Lipinski definition) is 0. The summed E-state index contributed by atoms with van der Waals surface area (Å²) in [6, 6.07) is 12.1. The van der Waals surface area contributed by atoms with Crippen molar-refractivity contribution >= 4 is 23.9 Å². The van der Waals surface area contributed by atoms with E-state index >= 15 is 0 Å². The van der Waals surface area contributed by atoms with E-state index in [2.05, 4.69) is 30.5 Å². The van der Waals surface area contributed by atoms with Crippen LogP contribution in [-0.2, 0) is 0 Å². The van der Waals surface area contributed by atoms with E-state index in [1.54, 1.807) is 33.1 Å². The van der Waals surface area contributed by atoms with Gasteiger partial charge in [0.15, 0.2) is 11.5 Å². The molecule has 0 saturated carbocycles. The van der Waals surface area contributed by atoms with E-state index in [-0.39, 0.29) is 0 Å². The predicted octanol–water partition coefficient (Wildman–Crippen LogP) is 4.60. The van der Waals surface area contributed by atoms with Crippen LogP contribution in [0, 0.1) is 0 Å². The Morgan fingerprint density at radius 1 is 0.773 bits per heavy atom. The normalized spacial score (nSPS) is 10.7. The predicted molar refractivity (Wildman–Crippen MR) is 93.2 cm³/mol. The van der Waals surface area contributed by atoms with Crippen molar-refractivity contribution in [3.05, 3.63) is 47.5 Å². The van der Waals surface area contributed by atoms with Crippen LogP contribution in [0.5, 0.6) is 17.2 Å².